The van der Waals surface area contributed by atoms with E-state index in [9.17, 15) is 0 Å². The Morgan fingerprint density at radius 3 is 2.48 bits per heavy atom. The van der Waals surface area contributed by atoms with Crippen LogP contribution in [0.2, 0.25) is 0 Å². The Bertz CT molecular complexity index is 683. The maximum absolute atomic E-state index is 5.23. The summed E-state index contributed by atoms with van der Waals surface area (Å²) in [6.07, 6.45) is 1.04. The van der Waals surface area contributed by atoms with Crippen molar-refractivity contribution in [3.05, 3.63) is 52.2 Å². The van der Waals surface area contributed by atoms with Crippen LogP contribution in [0.3, 0.4) is 0 Å². The van der Waals surface area contributed by atoms with Crippen molar-refractivity contribution >= 4 is 17.3 Å². The summed E-state index contributed by atoms with van der Waals surface area (Å²) in [6.45, 7) is 3.94. The highest BCUT2D eigenvalue weighted by atomic mass is 32.1. The Labute approximate surface area is 167 Å². The Morgan fingerprint density at radius 2 is 1.93 bits per heavy atom. The molecule has 27 heavy (non-hydrogen) atoms. The molecule has 2 unspecified atom stereocenters. The van der Waals surface area contributed by atoms with Gasteiger partial charge < -0.3 is 20.3 Å². The number of nitrogens with one attached hydrogen (secondary N) is 2. The summed E-state index contributed by atoms with van der Waals surface area (Å²) in [5, 5.41) is 9.01. The van der Waals surface area contributed by atoms with Gasteiger partial charge in [0.05, 0.1) is 13.2 Å². The van der Waals surface area contributed by atoms with Gasteiger partial charge in [-0.2, -0.15) is 0 Å². The quantitative estimate of drug-likeness (QED) is 0.508. The molecule has 0 bridgehead atoms. The number of benzene rings is 1. The number of rotatable bonds is 9. The zero-order valence-corrected chi connectivity index (χ0v) is 17.8. The normalized spacial score (nSPS) is 14.1. The number of guanidine groups is 1. The second-order valence-corrected chi connectivity index (χ2v) is 7.82. The van der Waals surface area contributed by atoms with Crippen LogP contribution in [-0.2, 0) is 0 Å². The van der Waals surface area contributed by atoms with Crippen LogP contribution in [0, 0.1) is 0 Å². The van der Waals surface area contributed by atoms with Gasteiger partial charge in [-0.3, -0.25) is 4.99 Å². The van der Waals surface area contributed by atoms with Gasteiger partial charge in [0, 0.05) is 25.0 Å². The molecule has 0 radical (unpaired) electrons. The number of aliphatic imine (C=N–C) groups is 1. The molecule has 148 valence electrons. The number of methoxy groups -OCH3 is 1. The monoisotopic (exact) mass is 388 g/mol. The number of ether oxygens (including phenoxy) is 1. The van der Waals surface area contributed by atoms with E-state index in [4.69, 9.17) is 4.74 Å². The van der Waals surface area contributed by atoms with E-state index < -0.39 is 0 Å². The van der Waals surface area contributed by atoms with Crippen molar-refractivity contribution < 1.29 is 4.74 Å². The standard InChI is InChI=1S/C21H32N4OS/c1-16(17-8-10-18(26-5)11-9-17)12-13-23-21(22-2)24-15-19(25(3)4)20-7-6-14-27-20/h6-11,14,16,19H,12-13,15H2,1-5H3,(H2,22,23,24). The van der Waals surface area contributed by atoms with Gasteiger partial charge in [-0.1, -0.05) is 25.1 Å². The van der Waals surface area contributed by atoms with Crippen molar-refractivity contribution in [1.29, 1.82) is 0 Å². The summed E-state index contributed by atoms with van der Waals surface area (Å²) in [4.78, 5) is 7.95. The summed E-state index contributed by atoms with van der Waals surface area (Å²) >= 11 is 1.79. The Balaban J connectivity index is 1.79. The lowest BCUT2D eigenvalue weighted by Crippen LogP contribution is -2.42. The number of likely N-dealkylation sites (N-methyl/N-ethyl adjacent to an activating group) is 1. The fraction of sp³-hybridized carbons (Fsp3) is 0.476. The Kier molecular flexibility index (Phi) is 8.61. The predicted molar refractivity (Wildman–Crippen MR) is 116 cm³/mol. The van der Waals surface area contributed by atoms with Crippen LogP contribution < -0.4 is 15.4 Å². The number of nitrogens with zero attached hydrogens (tertiary/aromatic N) is 2. The molecule has 0 aliphatic heterocycles. The van der Waals surface area contributed by atoms with Crippen LogP contribution >= 0.6 is 11.3 Å². The maximum Gasteiger partial charge on any atom is 0.191 e. The van der Waals surface area contributed by atoms with Crippen molar-refractivity contribution in [2.24, 2.45) is 4.99 Å². The van der Waals surface area contributed by atoms with Gasteiger partial charge in [0.2, 0.25) is 0 Å². The Morgan fingerprint density at radius 1 is 1.19 bits per heavy atom. The first-order valence-electron chi connectivity index (χ1n) is 9.33. The summed E-state index contributed by atoms with van der Waals surface area (Å²) in [6, 6.07) is 12.9. The fourth-order valence-corrected chi connectivity index (χ4v) is 3.86. The third-order valence-corrected chi connectivity index (χ3v) is 5.71. The smallest absolute Gasteiger partial charge is 0.191 e. The first-order chi connectivity index (χ1) is 13.0. The molecule has 0 aliphatic carbocycles. The van der Waals surface area contributed by atoms with Gasteiger partial charge in [-0.05, 0) is 55.6 Å². The van der Waals surface area contributed by atoms with E-state index in [0.29, 0.717) is 12.0 Å². The largest absolute Gasteiger partial charge is 0.497 e. The molecule has 2 aromatic rings. The zero-order valence-electron chi connectivity index (χ0n) is 17.0. The van der Waals surface area contributed by atoms with Crippen molar-refractivity contribution in [1.82, 2.24) is 15.5 Å². The van der Waals surface area contributed by atoms with Crippen molar-refractivity contribution in [3.63, 3.8) is 0 Å². The van der Waals surface area contributed by atoms with Gasteiger partial charge >= 0.3 is 0 Å². The molecule has 0 spiro atoms. The minimum Gasteiger partial charge on any atom is -0.497 e. The summed E-state index contributed by atoms with van der Waals surface area (Å²) in [5.74, 6) is 2.22. The fourth-order valence-electron chi connectivity index (χ4n) is 2.94. The predicted octanol–water partition coefficient (Wildman–Crippen LogP) is 3.72. The third kappa shape index (κ3) is 6.56. The molecule has 2 atom stereocenters. The second kappa shape index (κ2) is 10.9. The van der Waals surface area contributed by atoms with Gasteiger partial charge in [-0.25, -0.2) is 0 Å². The highest BCUT2D eigenvalue weighted by Crippen LogP contribution is 2.23. The van der Waals surface area contributed by atoms with E-state index >= 15 is 0 Å². The van der Waals surface area contributed by atoms with Crippen LogP contribution in [-0.4, -0.2) is 52.2 Å². The molecule has 2 N–H and O–H groups in total. The molecule has 6 heteroatoms. The lowest BCUT2D eigenvalue weighted by atomic mass is 9.98. The first kappa shape index (κ1) is 21.3. The maximum atomic E-state index is 5.23. The molecule has 1 aromatic heterocycles. The number of thiophene rings is 1. The van der Waals surface area contributed by atoms with Crippen molar-refractivity contribution in [3.8, 4) is 5.75 Å². The highest BCUT2D eigenvalue weighted by Gasteiger charge is 2.15. The molecule has 0 amide bonds. The summed E-state index contributed by atoms with van der Waals surface area (Å²) in [7, 11) is 7.73. The average Bonchev–Trinajstić information content (AvgIpc) is 3.20. The molecule has 2 rings (SSSR count). The van der Waals surface area contributed by atoms with E-state index in [-0.39, 0.29) is 0 Å². The minimum absolute atomic E-state index is 0.335. The second-order valence-electron chi connectivity index (χ2n) is 6.84. The minimum atomic E-state index is 0.335. The molecule has 0 saturated heterocycles. The number of hydrogen-bond donors (Lipinski definition) is 2. The van der Waals surface area contributed by atoms with E-state index in [1.54, 1.807) is 18.4 Å². The van der Waals surface area contributed by atoms with Gasteiger partial charge in [0.1, 0.15) is 5.75 Å². The molecule has 0 fully saturated rings. The van der Waals surface area contributed by atoms with Crippen molar-refractivity contribution in [2.45, 2.75) is 25.3 Å². The number of hydrogen-bond acceptors (Lipinski definition) is 4. The highest BCUT2D eigenvalue weighted by molar-refractivity contribution is 7.10. The van der Waals surface area contributed by atoms with Gasteiger partial charge in [0.15, 0.2) is 5.96 Å². The van der Waals surface area contributed by atoms with E-state index in [1.165, 1.54) is 10.4 Å². The van der Waals surface area contributed by atoms with E-state index in [1.807, 2.05) is 19.2 Å². The molecule has 5 nitrogen and oxygen atoms in total. The van der Waals surface area contributed by atoms with Crippen LogP contribution in [0.5, 0.6) is 5.75 Å². The van der Waals surface area contributed by atoms with E-state index in [0.717, 1.165) is 31.2 Å². The zero-order chi connectivity index (χ0) is 19.6. The molecular weight excluding hydrogens is 356 g/mol. The lowest BCUT2D eigenvalue weighted by molar-refractivity contribution is 0.302. The van der Waals surface area contributed by atoms with Gasteiger partial charge in [0.25, 0.3) is 0 Å². The Hall–Kier alpha value is -2.05. The SMILES string of the molecule is CN=C(NCCC(C)c1ccc(OC)cc1)NCC(c1cccs1)N(C)C. The summed E-state index contributed by atoms with van der Waals surface area (Å²) < 4.78 is 5.23. The summed E-state index contributed by atoms with van der Waals surface area (Å²) in [5.41, 5.74) is 1.32. The van der Waals surface area contributed by atoms with Crippen LogP contribution in [0.1, 0.15) is 35.7 Å². The van der Waals surface area contributed by atoms with Crippen molar-refractivity contribution in [2.75, 3.05) is 41.3 Å². The molecule has 0 saturated carbocycles. The topological polar surface area (TPSA) is 48.9 Å². The van der Waals surface area contributed by atoms with Crippen LogP contribution in [0.4, 0.5) is 0 Å². The molecule has 0 aliphatic rings. The lowest BCUT2D eigenvalue weighted by Gasteiger charge is -2.24. The van der Waals surface area contributed by atoms with Crippen LogP contribution in [0.15, 0.2) is 46.8 Å². The average molecular weight is 389 g/mol. The molecule has 1 heterocycles. The van der Waals surface area contributed by atoms with Gasteiger partial charge in [-0.15, -0.1) is 11.3 Å². The van der Waals surface area contributed by atoms with E-state index in [2.05, 4.69) is 71.2 Å². The van der Waals surface area contributed by atoms with Crippen LogP contribution in [0.25, 0.3) is 0 Å². The molecular formula is C21H32N4OS. The third-order valence-electron chi connectivity index (χ3n) is 4.74. The molecule has 1 aromatic carbocycles. The first-order valence-corrected chi connectivity index (χ1v) is 10.2.